The SMILES string of the molecule is CCn1cc(NC(=O)C2CC(C#CCN)C(Cl)S2)ccc1=O. The van der Waals surface area contributed by atoms with Gasteiger partial charge in [0, 0.05) is 24.7 Å². The first-order valence-corrected chi connectivity index (χ1v) is 8.42. The normalized spacial score (nSPS) is 23.7. The van der Waals surface area contributed by atoms with Crippen molar-refractivity contribution in [1.29, 1.82) is 0 Å². The number of nitrogens with zero attached hydrogens (tertiary/aromatic N) is 1. The minimum atomic E-state index is -0.249. The van der Waals surface area contributed by atoms with Crippen LogP contribution in [-0.4, -0.2) is 27.0 Å². The molecule has 0 bridgehead atoms. The van der Waals surface area contributed by atoms with Gasteiger partial charge in [-0.25, -0.2) is 0 Å². The predicted molar refractivity (Wildman–Crippen MR) is 91.0 cm³/mol. The van der Waals surface area contributed by atoms with Crippen molar-refractivity contribution < 1.29 is 4.79 Å². The number of carbonyl (C=O) groups is 1. The lowest BCUT2D eigenvalue weighted by molar-refractivity contribution is -0.115. The van der Waals surface area contributed by atoms with Gasteiger partial charge < -0.3 is 15.6 Å². The number of hydrogen-bond acceptors (Lipinski definition) is 4. The molecule has 0 radical (unpaired) electrons. The Kier molecular flexibility index (Phi) is 5.95. The second-order valence-electron chi connectivity index (χ2n) is 4.87. The lowest BCUT2D eigenvalue weighted by Crippen LogP contribution is -2.25. The smallest absolute Gasteiger partial charge is 0.250 e. The molecule has 7 heteroatoms. The van der Waals surface area contributed by atoms with Crippen LogP contribution in [0.5, 0.6) is 0 Å². The molecule has 1 fully saturated rings. The predicted octanol–water partition coefficient (Wildman–Crippen LogP) is 1.46. The van der Waals surface area contributed by atoms with Gasteiger partial charge in [0.1, 0.15) is 0 Å². The molecule has 2 rings (SSSR count). The van der Waals surface area contributed by atoms with Crippen LogP contribution in [0.25, 0.3) is 0 Å². The number of aryl methyl sites for hydroxylation is 1. The highest BCUT2D eigenvalue weighted by molar-refractivity contribution is 8.02. The van der Waals surface area contributed by atoms with Crippen molar-refractivity contribution in [2.24, 2.45) is 11.7 Å². The highest BCUT2D eigenvalue weighted by Crippen LogP contribution is 2.40. The van der Waals surface area contributed by atoms with Crippen LogP contribution in [0.2, 0.25) is 0 Å². The van der Waals surface area contributed by atoms with E-state index in [1.165, 1.54) is 22.4 Å². The molecule has 5 nitrogen and oxygen atoms in total. The maximum atomic E-state index is 12.3. The van der Waals surface area contributed by atoms with Gasteiger partial charge in [0.2, 0.25) is 5.91 Å². The number of halogens is 1. The standard InChI is InChI=1S/C15H18ClN3O2S/c1-2-19-9-11(5-6-13(19)20)18-15(21)12-8-10(4-3-7-17)14(16)22-12/h5-6,9-10,12,14H,2,7-8,17H2,1H3,(H,18,21). The third-order valence-corrected chi connectivity index (χ3v) is 5.29. The minimum absolute atomic E-state index is 0.0319. The van der Waals surface area contributed by atoms with Crippen molar-refractivity contribution in [3.8, 4) is 11.8 Å². The van der Waals surface area contributed by atoms with Crippen LogP contribution in [0.3, 0.4) is 0 Å². The quantitative estimate of drug-likeness (QED) is 0.645. The maximum Gasteiger partial charge on any atom is 0.250 e. The Bertz CT molecular complexity index is 665. The van der Waals surface area contributed by atoms with Crippen molar-refractivity contribution in [2.45, 2.75) is 29.8 Å². The van der Waals surface area contributed by atoms with E-state index in [4.69, 9.17) is 17.3 Å². The zero-order chi connectivity index (χ0) is 16.1. The van der Waals surface area contributed by atoms with Crippen molar-refractivity contribution in [1.82, 2.24) is 4.57 Å². The second kappa shape index (κ2) is 7.73. The Balaban J connectivity index is 2.03. The van der Waals surface area contributed by atoms with Crippen molar-refractivity contribution in [3.63, 3.8) is 0 Å². The number of thioether (sulfide) groups is 1. The molecule has 1 saturated heterocycles. The first kappa shape index (κ1) is 16.9. The number of nitrogens with one attached hydrogen (secondary N) is 1. The summed E-state index contributed by atoms with van der Waals surface area (Å²) < 4.78 is 1.33. The molecule has 0 saturated carbocycles. The summed E-state index contributed by atoms with van der Waals surface area (Å²) in [6, 6.07) is 3.05. The Morgan fingerprint density at radius 1 is 1.59 bits per heavy atom. The fourth-order valence-corrected chi connectivity index (χ4v) is 3.93. The third kappa shape index (κ3) is 4.07. The van der Waals surface area contributed by atoms with Crippen LogP contribution in [-0.2, 0) is 11.3 Å². The minimum Gasteiger partial charge on any atom is -0.324 e. The lowest BCUT2D eigenvalue weighted by Gasteiger charge is -2.11. The molecule has 1 aromatic heterocycles. The number of pyridine rings is 1. The summed E-state index contributed by atoms with van der Waals surface area (Å²) in [5.74, 6) is 5.67. The summed E-state index contributed by atoms with van der Waals surface area (Å²) in [6.07, 6.45) is 2.24. The molecule has 1 aliphatic heterocycles. The molecule has 1 amide bonds. The largest absolute Gasteiger partial charge is 0.324 e. The van der Waals surface area contributed by atoms with Gasteiger partial charge in [0.25, 0.3) is 5.56 Å². The monoisotopic (exact) mass is 339 g/mol. The van der Waals surface area contributed by atoms with Gasteiger partial charge in [-0.3, -0.25) is 9.59 Å². The summed E-state index contributed by atoms with van der Waals surface area (Å²) in [6.45, 7) is 2.72. The van der Waals surface area contributed by atoms with Crippen molar-refractivity contribution in [3.05, 3.63) is 28.7 Å². The number of rotatable bonds is 3. The fraction of sp³-hybridized carbons (Fsp3) is 0.467. The molecule has 22 heavy (non-hydrogen) atoms. The van der Waals surface area contributed by atoms with Crippen LogP contribution in [0.15, 0.2) is 23.1 Å². The number of hydrogen-bond donors (Lipinski definition) is 2. The molecule has 3 N–H and O–H groups in total. The van der Waals surface area contributed by atoms with E-state index >= 15 is 0 Å². The van der Waals surface area contributed by atoms with Gasteiger partial charge in [0.05, 0.1) is 22.2 Å². The fourth-order valence-electron chi connectivity index (χ4n) is 2.20. The molecule has 0 aromatic carbocycles. The molecule has 1 aliphatic rings. The second-order valence-corrected chi connectivity index (χ2v) is 6.95. The zero-order valence-electron chi connectivity index (χ0n) is 12.2. The van der Waals surface area contributed by atoms with E-state index in [9.17, 15) is 9.59 Å². The van der Waals surface area contributed by atoms with Gasteiger partial charge in [-0.05, 0) is 19.4 Å². The number of aromatic nitrogens is 1. The van der Waals surface area contributed by atoms with Crippen molar-refractivity contribution in [2.75, 3.05) is 11.9 Å². The van der Waals surface area contributed by atoms with E-state index < -0.39 is 0 Å². The summed E-state index contributed by atoms with van der Waals surface area (Å²) in [7, 11) is 0. The van der Waals surface area contributed by atoms with Gasteiger partial charge >= 0.3 is 0 Å². The number of carbonyl (C=O) groups excluding carboxylic acids is 1. The molecule has 1 aromatic rings. The Morgan fingerprint density at radius 3 is 3.05 bits per heavy atom. The zero-order valence-corrected chi connectivity index (χ0v) is 13.8. The lowest BCUT2D eigenvalue weighted by atomic mass is 10.1. The summed E-state index contributed by atoms with van der Waals surface area (Å²) in [5.41, 5.74) is 5.87. The molecule has 3 atom stereocenters. The van der Waals surface area contributed by atoms with E-state index in [2.05, 4.69) is 17.2 Å². The van der Waals surface area contributed by atoms with Gasteiger partial charge in [-0.2, -0.15) is 0 Å². The van der Waals surface area contributed by atoms with Crippen LogP contribution < -0.4 is 16.6 Å². The van der Waals surface area contributed by atoms with E-state index in [-0.39, 0.29) is 27.3 Å². The summed E-state index contributed by atoms with van der Waals surface area (Å²) in [4.78, 5) is 23.8. The van der Waals surface area contributed by atoms with Crippen LogP contribution in [0.4, 0.5) is 5.69 Å². The van der Waals surface area contributed by atoms with Gasteiger partial charge in [0.15, 0.2) is 0 Å². The van der Waals surface area contributed by atoms with E-state index in [0.29, 0.717) is 25.2 Å². The Labute approximate surface area is 138 Å². The number of amides is 1. The molecule has 118 valence electrons. The van der Waals surface area contributed by atoms with E-state index in [1.807, 2.05) is 6.92 Å². The Morgan fingerprint density at radius 2 is 2.36 bits per heavy atom. The highest BCUT2D eigenvalue weighted by atomic mass is 35.5. The number of anilines is 1. The number of alkyl halides is 1. The molecule has 0 aliphatic carbocycles. The summed E-state index contributed by atoms with van der Waals surface area (Å²) in [5, 5.41) is 2.58. The van der Waals surface area contributed by atoms with Crippen LogP contribution >= 0.6 is 23.4 Å². The van der Waals surface area contributed by atoms with E-state index in [0.717, 1.165) is 0 Å². The van der Waals surface area contributed by atoms with Crippen molar-refractivity contribution >= 4 is 35.0 Å². The van der Waals surface area contributed by atoms with Gasteiger partial charge in [-0.15, -0.1) is 23.4 Å². The number of nitrogens with two attached hydrogens (primary N) is 1. The van der Waals surface area contributed by atoms with E-state index in [1.54, 1.807) is 12.3 Å². The third-order valence-electron chi connectivity index (χ3n) is 3.35. The molecular weight excluding hydrogens is 322 g/mol. The highest BCUT2D eigenvalue weighted by Gasteiger charge is 2.36. The molecule has 0 spiro atoms. The first-order chi connectivity index (χ1) is 10.5. The Hall–Kier alpha value is -1.42. The molecule has 2 heterocycles. The van der Waals surface area contributed by atoms with Crippen LogP contribution in [0.1, 0.15) is 13.3 Å². The first-order valence-electron chi connectivity index (χ1n) is 7.04. The van der Waals surface area contributed by atoms with Crippen LogP contribution in [0, 0.1) is 17.8 Å². The molecular formula is C15H18ClN3O2S. The summed E-state index contributed by atoms with van der Waals surface area (Å²) >= 11 is 7.62. The van der Waals surface area contributed by atoms with Gasteiger partial charge in [-0.1, -0.05) is 11.8 Å². The maximum absolute atomic E-state index is 12.3. The average molecular weight is 340 g/mol. The average Bonchev–Trinajstić information content (AvgIpc) is 2.88. The topological polar surface area (TPSA) is 77.1 Å². The molecule has 3 unspecified atom stereocenters.